The molecule has 2 N–H and O–H groups in total. The van der Waals surface area contributed by atoms with Crippen molar-refractivity contribution < 1.29 is 18.7 Å². The Morgan fingerprint density at radius 3 is 2.76 bits per heavy atom. The molecular formula is C19H18N6O4. The molecule has 0 aliphatic heterocycles. The number of tetrazole rings is 1. The summed E-state index contributed by atoms with van der Waals surface area (Å²) in [7, 11) is 3.18. The largest absolute Gasteiger partial charge is 0.493 e. The SMILES string of the molecule is COc1ccc(Cc2nc3ccc(C(=O)NCc4nn[nH]n4)cc3o2)cc1OC. The Morgan fingerprint density at radius 2 is 2.00 bits per heavy atom. The van der Waals surface area contributed by atoms with Gasteiger partial charge in [-0.15, -0.1) is 10.2 Å². The van der Waals surface area contributed by atoms with Gasteiger partial charge in [0.25, 0.3) is 5.91 Å². The second-order valence-corrected chi connectivity index (χ2v) is 6.17. The summed E-state index contributed by atoms with van der Waals surface area (Å²) in [6.45, 7) is 0.175. The molecule has 10 nitrogen and oxygen atoms in total. The Kier molecular flexibility index (Phi) is 5.06. The van der Waals surface area contributed by atoms with Crippen LogP contribution < -0.4 is 14.8 Å². The van der Waals surface area contributed by atoms with Crippen molar-refractivity contribution in [3.05, 3.63) is 59.2 Å². The van der Waals surface area contributed by atoms with Crippen molar-refractivity contribution in [3.63, 3.8) is 0 Å². The Labute approximate surface area is 165 Å². The van der Waals surface area contributed by atoms with E-state index in [2.05, 4.69) is 30.9 Å². The number of hydrogen-bond donors (Lipinski definition) is 2. The third-order valence-electron chi connectivity index (χ3n) is 4.29. The van der Waals surface area contributed by atoms with Crippen molar-refractivity contribution in [2.75, 3.05) is 14.2 Å². The van der Waals surface area contributed by atoms with Crippen LogP contribution >= 0.6 is 0 Å². The summed E-state index contributed by atoms with van der Waals surface area (Å²) in [4.78, 5) is 16.8. The summed E-state index contributed by atoms with van der Waals surface area (Å²) in [6.07, 6.45) is 0.481. The van der Waals surface area contributed by atoms with Gasteiger partial charge in [0.15, 0.2) is 28.8 Å². The molecule has 2 aromatic carbocycles. The molecule has 148 valence electrons. The highest BCUT2D eigenvalue weighted by Crippen LogP contribution is 2.29. The molecule has 0 fully saturated rings. The van der Waals surface area contributed by atoms with E-state index in [1.807, 2.05) is 18.2 Å². The molecule has 4 aromatic rings. The monoisotopic (exact) mass is 394 g/mol. The minimum atomic E-state index is -0.269. The third-order valence-corrected chi connectivity index (χ3v) is 4.29. The van der Waals surface area contributed by atoms with Gasteiger partial charge in [-0.1, -0.05) is 11.3 Å². The molecule has 0 unspecified atom stereocenters. The molecule has 2 heterocycles. The van der Waals surface area contributed by atoms with E-state index >= 15 is 0 Å². The number of nitrogens with zero attached hydrogens (tertiary/aromatic N) is 4. The predicted octanol–water partition coefficient (Wildman–Crippen LogP) is 1.88. The number of nitrogens with one attached hydrogen (secondary N) is 2. The molecule has 0 aliphatic rings. The number of H-pyrrole nitrogens is 1. The summed E-state index contributed by atoms with van der Waals surface area (Å²) in [6, 6.07) is 10.7. The average Bonchev–Trinajstić information content (AvgIpc) is 3.40. The van der Waals surface area contributed by atoms with Crippen LogP contribution in [0.3, 0.4) is 0 Å². The van der Waals surface area contributed by atoms with E-state index in [4.69, 9.17) is 13.9 Å². The molecule has 29 heavy (non-hydrogen) atoms. The van der Waals surface area contributed by atoms with Crippen molar-refractivity contribution in [2.24, 2.45) is 0 Å². The van der Waals surface area contributed by atoms with Crippen molar-refractivity contribution in [2.45, 2.75) is 13.0 Å². The summed E-state index contributed by atoms with van der Waals surface area (Å²) in [5.41, 5.74) is 2.63. The first-order valence-corrected chi connectivity index (χ1v) is 8.77. The summed E-state index contributed by atoms with van der Waals surface area (Å²) < 4.78 is 16.4. The van der Waals surface area contributed by atoms with E-state index in [1.54, 1.807) is 32.4 Å². The van der Waals surface area contributed by atoms with Crippen LogP contribution in [-0.2, 0) is 13.0 Å². The van der Waals surface area contributed by atoms with Gasteiger partial charge in [0.1, 0.15) is 5.52 Å². The second kappa shape index (κ2) is 7.97. The third kappa shape index (κ3) is 4.00. The molecule has 0 saturated carbocycles. The number of fused-ring (bicyclic) bond motifs is 1. The molecule has 4 rings (SSSR count). The first kappa shape index (κ1) is 18.4. The van der Waals surface area contributed by atoms with E-state index in [0.29, 0.717) is 46.3 Å². The van der Waals surface area contributed by atoms with Crippen molar-refractivity contribution in [3.8, 4) is 11.5 Å². The first-order valence-electron chi connectivity index (χ1n) is 8.77. The molecule has 0 radical (unpaired) electrons. The van der Waals surface area contributed by atoms with Crippen LogP contribution in [0.2, 0.25) is 0 Å². The topological polar surface area (TPSA) is 128 Å². The number of ether oxygens (including phenoxy) is 2. The smallest absolute Gasteiger partial charge is 0.251 e. The van der Waals surface area contributed by atoms with E-state index in [-0.39, 0.29) is 12.5 Å². The van der Waals surface area contributed by atoms with Gasteiger partial charge < -0.3 is 19.2 Å². The fourth-order valence-corrected chi connectivity index (χ4v) is 2.87. The molecular weight excluding hydrogens is 376 g/mol. The minimum Gasteiger partial charge on any atom is -0.493 e. The fourth-order valence-electron chi connectivity index (χ4n) is 2.87. The van der Waals surface area contributed by atoms with Gasteiger partial charge in [-0.3, -0.25) is 4.79 Å². The zero-order valence-corrected chi connectivity index (χ0v) is 15.8. The summed E-state index contributed by atoms with van der Waals surface area (Å²) >= 11 is 0. The number of rotatable bonds is 7. The van der Waals surface area contributed by atoms with Gasteiger partial charge in [0.05, 0.1) is 20.8 Å². The first-order chi connectivity index (χ1) is 14.2. The predicted molar refractivity (Wildman–Crippen MR) is 102 cm³/mol. The Morgan fingerprint density at radius 1 is 1.14 bits per heavy atom. The molecule has 0 bridgehead atoms. The number of aromatic amines is 1. The lowest BCUT2D eigenvalue weighted by Crippen LogP contribution is -2.23. The number of carbonyl (C=O) groups is 1. The summed E-state index contributed by atoms with van der Waals surface area (Å²) in [5, 5.41) is 16.1. The lowest BCUT2D eigenvalue weighted by molar-refractivity contribution is 0.0950. The number of methoxy groups -OCH3 is 2. The highest BCUT2D eigenvalue weighted by atomic mass is 16.5. The van der Waals surface area contributed by atoms with Gasteiger partial charge in [-0.25, -0.2) is 4.98 Å². The number of benzene rings is 2. The van der Waals surface area contributed by atoms with Crippen molar-refractivity contribution in [1.29, 1.82) is 0 Å². The lowest BCUT2D eigenvalue weighted by Gasteiger charge is -2.08. The maximum atomic E-state index is 12.3. The molecule has 0 saturated heterocycles. The fraction of sp³-hybridized carbons (Fsp3) is 0.211. The minimum absolute atomic E-state index is 0.175. The molecule has 1 amide bonds. The Balaban J connectivity index is 1.50. The zero-order chi connectivity index (χ0) is 20.2. The molecule has 0 aliphatic carbocycles. The Bertz CT molecular complexity index is 1140. The standard InChI is InChI=1S/C19H18N6O4/c1-27-14-6-3-11(7-16(14)28-2)8-18-21-13-5-4-12(9-15(13)29-18)19(26)20-10-17-22-24-25-23-17/h3-7,9H,8,10H2,1-2H3,(H,20,26)(H,22,23,24,25). The van der Waals surface area contributed by atoms with E-state index in [1.165, 1.54) is 0 Å². The molecule has 0 atom stereocenters. The van der Waals surface area contributed by atoms with Crippen molar-refractivity contribution in [1.82, 2.24) is 30.9 Å². The average molecular weight is 394 g/mol. The molecule has 10 heteroatoms. The molecule has 0 spiro atoms. The Hall–Kier alpha value is -3.95. The number of oxazole rings is 1. The van der Waals surface area contributed by atoms with Gasteiger partial charge in [0, 0.05) is 12.0 Å². The van der Waals surface area contributed by atoms with Crippen LogP contribution in [0.1, 0.15) is 27.6 Å². The van der Waals surface area contributed by atoms with Crippen LogP contribution in [0.5, 0.6) is 11.5 Å². The number of aromatic nitrogens is 5. The lowest BCUT2D eigenvalue weighted by atomic mass is 10.1. The normalized spacial score (nSPS) is 10.8. The van der Waals surface area contributed by atoms with Crippen LogP contribution in [-0.4, -0.2) is 45.7 Å². The summed E-state index contributed by atoms with van der Waals surface area (Å²) in [5.74, 6) is 1.97. The highest BCUT2D eigenvalue weighted by molar-refractivity contribution is 5.96. The number of hydrogen-bond acceptors (Lipinski definition) is 8. The zero-order valence-electron chi connectivity index (χ0n) is 15.8. The number of carbonyl (C=O) groups excluding carboxylic acids is 1. The quantitative estimate of drug-likeness (QED) is 0.486. The second-order valence-electron chi connectivity index (χ2n) is 6.17. The molecule has 2 aromatic heterocycles. The van der Waals surface area contributed by atoms with E-state index in [0.717, 1.165) is 5.56 Å². The van der Waals surface area contributed by atoms with Gasteiger partial charge >= 0.3 is 0 Å². The maximum Gasteiger partial charge on any atom is 0.251 e. The van der Waals surface area contributed by atoms with Crippen LogP contribution in [0.4, 0.5) is 0 Å². The van der Waals surface area contributed by atoms with Crippen LogP contribution in [0.15, 0.2) is 40.8 Å². The van der Waals surface area contributed by atoms with Gasteiger partial charge in [-0.2, -0.15) is 5.21 Å². The van der Waals surface area contributed by atoms with E-state index in [9.17, 15) is 4.79 Å². The van der Waals surface area contributed by atoms with Crippen LogP contribution in [0, 0.1) is 0 Å². The van der Waals surface area contributed by atoms with Gasteiger partial charge in [-0.05, 0) is 35.9 Å². The van der Waals surface area contributed by atoms with E-state index < -0.39 is 0 Å². The maximum absolute atomic E-state index is 12.3. The van der Waals surface area contributed by atoms with Gasteiger partial charge in [0.2, 0.25) is 0 Å². The van der Waals surface area contributed by atoms with Crippen molar-refractivity contribution >= 4 is 17.0 Å². The number of amides is 1. The van der Waals surface area contributed by atoms with Crippen LogP contribution in [0.25, 0.3) is 11.1 Å². The highest BCUT2D eigenvalue weighted by Gasteiger charge is 2.13.